The fourth-order valence-electron chi connectivity index (χ4n) is 1.80. The molecular formula is C10H10BrN3O2. The molecule has 6 heteroatoms. The van der Waals surface area contributed by atoms with Crippen LogP contribution in [0.25, 0.3) is 11.6 Å². The summed E-state index contributed by atoms with van der Waals surface area (Å²) in [6, 6.07) is 3.62. The van der Waals surface area contributed by atoms with Gasteiger partial charge in [0.05, 0.1) is 5.92 Å². The average Bonchev–Trinajstić information content (AvgIpc) is 2.97. The van der Waals surface area contributed by atoms with Crippen molar-refractivity contribution < 1.29 is 8.94 Å². The molecule has 1 aliphatic rings. The lowest BCUT2D eigenvalue weighted by Gasteiger charge is -1.98. The van der Waals surface area contributed by atoms with Crippen LogP contribution >= 0.6 is 15.9 Å². The summed E-state index contributed by atoms with van der Waals surface area (Å²) in [4.78, 5) is 4.34. The Morgan fingerprint density at radius 3 is 3.06 bits per heavy atom. The molecule has 1 N–H and O–H groups in total. The predicted octanol–water partition coefficient (Wildman–Crippen LogP) is 2.17. The summed E-state index contributed by atoms with van der Waals surface area (Å²) in [5.74, 6) is 2.15. The number of hydrogen-bond acceptors (Lipinski definition) is 5. The van der Waals surface area contributed by atoms with E-state index >= 15 is 0 Å². The van der Waals surface area contributed by atoms with Gasteiger partial charge in [-0.3, -0.25) is 0 Å². The van der Waals surface area contributed by atoms with Crippen LogP contribution in [0.3, 0.4) is 0 Å². The number of aromatic nitrogens is 2. The second kappa shape index (κ2) is 4.03. The summed E-state index contributed by atoms with van der Waals surface area (Å²) in [6.45, 7) is 1.91. The first-order valence-electron chi connectivity index (χ1n) is 5.13. The Bertz CT molecular complexity index is 488. The van der Waals surface area contributed by atoms with Gasteiger partial charge in [0.2, 0.25) is 11.7 Å². The van der Waals surface area contributed by atoms with E-state index in [4.69, 9.17) is 8.94 Å². The van der Waals surface area contributed by atoms with Crippen molar-refractivity contribution in [3.63, 3.8) is 0 Å². The van der Waals surface area contributed by atoms with Gasteiger partial charge >= 0.3 is 0 Å². The lowest BCUT2D eigenvalue weighted by Crippen LogP contribution is -2.08. The van der Waals surface area contributed by atoms with Gasteiger partial charge in [-0.05, 0) is 41.0 Å². The maximum Gasteiger partial charge on any atom is 0.238 e. The molecule has 3 heterocycles. The molecule has 2 aromatic rings. The van der Waals surface area contributed by atoms with Gasteiger partial charge in [-0.15, -0.1) is 0 Å². The van der Waals surface area contributed by atoms with Crippen LogP contribution in [0.15, 0.2) is 25.7 Å². The number of furan rings is 1. The minimum Gasteiger partial charge on any atom is -0.446 e. The van der Waals surface area contributed by atoms with E-state index in [9.17, 15) is 0 Å². The number of rotatable bonds is 2. The molecule has 16 heavy (non-hydrogen) atoms. The highest BCUT2D eigenvalue weighted by Gasteiger charge is 2.23. The predicted molar refractivity (Wildman–Crippen MR) is 59.9 cm³/mol. The first-order chi connectivity index (χ1) is 7.83. The molecule has 0 aliphatic carbocycles. The van der Waals surface area contributed by atoms with Crippen LogP contribution in [0.2, 0.25) is 0 Å². The van der Waals surface area contributed by atoms with Gasteiger partial charge in [-0.1, -0.05) is 5.16 Å². The van der Waals surface area contributed by atoms with E-state index in [1.807, 2.05) is 12.1 Å². The minimum atomic E-state index is 0.333. The van der Waals surface area contributed by atoms with E-state index in [0.29, 0.717) is 28.1 Å². The lowest BCUT2D eigenvalue weighted by molar-refractivity contribution is 0.358. The Morgan fingerprint density at radius 2 is 2.38 bits per heavy atom. The first-order valence-corrected chi connectivity index (χ1v) is 5.92. The molecular weight excluding hydrogens is 274 g/mol. The van der Waals surface area contributed by atoms with Crippen molar-refractivity contribution in [1.82, 2.24) is 15.5 Å². The zero-order chi connectivity index (χ0) is 11.0. The monoisotopic (exact) mass is 283 g/mol. The van der Waals surface area contributed by atoms with E-state index in [1.54, 1.807) is 0 Å². The second-order valence-corrected chi connectivity index (χ2v) is 4.53. The number of halogens is 1. The maximum absolute atomic E-state index is 5.36. The van der Waals surface area contributed by atoms with Gasteiger partial charge in [0.1, 0.15) is 0 Å². The number of nitrogens with zero attached hydrogens (tertiary/aromatic N) is 2. The number of nitrogens with one attached hydrogen (secondary N) is 1. The molecule has 0 radical (unpaired) electrons. The Kier molecular flexibility index (Phi) is 2.53. The smallest absolute Gasteiger partial charge is 0.238 e. The van der Waals surface area contributed by atoms with Gasteiger partial charge in [-0.2, -0.15) is 4.98 Å². The third kappa shape index (κ3) is 1.78. The Hall–Kier alpha value is -1.14. The second-order valence-electron chi connectivity index (χ2n) is 3.75. The van der Waals surface area contributed by atoms with Crippen molar-refractivity contribution in [3.8, 4) is 11.6 Å². The third-order valence-electron chi connectivity index (χ3n) is 2.64. The van der Waals surface area contributed by atoms with E-state index in [1.165, 1.54) is 0 Å². The fraction of sp³-hybridized carbons (Fsp3) is 0.400. The average molecular weight is 284 g/mol. The standard InChI is InChI=1S/C10H10BrN3O2/c11-8-2-1-7(15-8)9-13-10(16-14-9)6-3-4-12-5-6/h1-2,6,12H,3-5H2/t6-/m0/s1. The molecule has 2 aromatic heterocycles. The SMILES string of the molecule is Brc1ccc(-c2noc([C@H]3CCNC3)n2)o1. The largest absolute Gasteiger partial charge is 0.446 e. The van der Waals surface area contributed by atoms with Crippen molar-refractivity contribution in [2.45, 2.75) is 12.3 Å². The Balaban J connectivity index is 1.87. The molecule has 3 rings (SSSR count). The van der Waals surface area contributed by atoms with Gasteiger partial charge in [0.25, 0.3) is 0 Å². The van der Waals surface area contributed by atoms with E-state index in [-0.39, 0.29) is 0 Å². The quantitative estimate of drug-likeness (QED) is 0.915. The van der Waals surface area contributed by atoms with E-state index in [0.717, 1.165) is 19.5 Å². The molecule has 0 spiro atoms. The van der Waals surface area contributed by atoms with Gasteiger partial charge in [0.15, 0.2) is 10.4 Å². The number of hydrogen-bond donors (Lipinski definition) is 1. The van der Waals surface area contributed by atoms with Gasteiger partial charge in [-0.25, -0.2) is 0 Å². The fourth-order valence-corrected chi connectivity index (χ4v) is 2.11. The maximum atomic E-state index is 5.36. The molecule has 0 amide bonds. The lowest BCUT2D eigenvalue weighted by atomic mass is 10.1. The summed E-state index contributed by atoms with van der Waals surface area (Å²) < 4.78 is 11.3. The van der Waals surface area contributed by atoms with Crippen molar-refractivity contribution in [2.75, 3.05) is 13.1 Å². The topological polar surface area (TPSA) is 64.1 Å². The summed E-state index contributed by atoms with van der Waals surface area (Å²) in [7, 11) is 0. The summed E-state index contributed by atoms with van der Waals surface area (Å²) in [6.07, 6.45) is 1.05. The molecule has 1 aliphatic heterocycles. The minimum absolute atomic E-state index is 0.333. The first kappa shape index (κ1) is 10.0. The van der Waals surface area contributed by atoms with E-state index < -0.39 is 0 Å². The summed E-state index contributed by atoms with van der Waals surface area (Å²) in [5, 5.41) is 7.18. The van der Waals surface area contributed by atoms with Crippen LogP contribution in [-0.4, -0.2) is 23.2 Å². The van der Waals surface area contributed by atoms with Crippen LogP contribution in [0.4, 0.5) is 0 Å². The molecule has 0 unspecified atom stereocenters. The van der Waals surface area contributed by atoms with E-state index in [2.05, 4.69) is 31.4 Å². The summed E-state index contributed by atoms with van der Waals surface area (Å²) >= 11 is 3.24. The van der Waals surface area contributed by atoms with Crippen molar-refractivity contribution >= 4 is 15.9 Å². The van der Waals surface area contributed by atoms with Crippen LogP contribution in [0, 0.1) is 0 Å². The van der Waals surface area contributed by atoms with Crippen molar-refractivity contribution in [2.24, 2.45) is 0 Å². The molecule has 1 saturated heterocycles. The normalized spacial score (nSPS) is 20.4. The Morgan fingerprint density at radius 1 is 1.44 bits per heavy atom. The molecule has 1 fully saturated rings. The highest BCUT2D eigenvalue weighted by molar-refractivity contribution is 9.10. The van der Waals surface area contributed by atoms with Gasteiger partial charge in [0, 0.05) is 6.54 Å². The molecule has 5 nitrogen and oxygen atoms in total. The van der Waals surface area contributed by atoms with Crippen LogP contribution in [0.1, 0.15) is 18.2 Å². The highest BCUT2D eigenvalue weighted by atomic mass is 79.9. The van der Waals surface area contributed by atoms with Crippen molar-refractivity contribution in [1.29, 1.82) is 0 Å². The summed E-state index contributed by atoms with van der Waals surface area (Å²) in [5.41, 5.74) is 0. The van der Waals surface area contributed by atoms with Gasteiger partial charge < -0.3 is 14.3 Å². The van der Waals surface area contributed by atoms with Crippen molar-refractivity contribution in [3.05, 3.63) is 22.7 Å². The zero-order valence-corrected chi connectivity index (χ0v) is 10.0. The molecule has 0 aromatic carbocycles. The Labute approximate surface area is 100 Å². The molecule has 0 saturated carbocycles. The molecule has 1 atom stereocenters. The van der Waals surface area contributed by atoms with Crippen LogP contribution in [0.5, 0.6) is 0 Å². The zero-order valence-electron chi connectivity index (χ0n) is 8.44. The van der Waals surface area contributed by atoms with Crippen LogP contribution in [-0.2, 0) is 0 Å². The molecule has 0 bridgehead atoms. The van der Waals surface area contributed by atoms with Crippen LogP contribution < -0.4 is 5.32 Å². The highest BCUT2D eigenvalue weighted by Crippen LogP contribution is 2.26. The third-order valence-corrected chi connectivity index (χ3v) is 3.07. The molecule has 84 valence electrons.